The van der Waals surface area contributed by atoms with Crippen molar-refractivity contribution in [1.82, 2.24) is 0 Å². The van der Waals surface area contributed by atoms with Gasteiger partial charge in [-0.05, 0) is 105 Å². The first kappa shape index (κ1) is 55.0. The van der Waals surface area contributed by atoms with Gasteiger partial charge in [-0.25, -0.2) is 14.4 Å². The summed E-state index contributed by atoms with van der Waals surface area (Å²) in [7, 11) is 0. The first-order valence-corrected chi connectivity index (χ1v) is 21.2. The van der Waals surface area contributed by atoms with Gasteiger partial charge in [0.1, 0.15) is 17.3 Å². The van der Waals surface area contributed by atoms with Crippen molar-refractivity contribution >= 4 is 28.7 Å². The molecule has 20 heteroatoms. The van der Waals surface area contributed by atoms with E-state index in [0.717, 1.165) is 25.7 Å². The van der Waals surface area contributed by atoms with E-state index in [1.165, 1.54) is 25.1 Å². The van der Waals surface area contributed by atoms with Crippen LogP contribution in [0.25, 0.3) is 10.8 Å². The smallest absolute Gasteiger partial charge is 0.426 e. The number of aliphatic hydroxyl groups is 2. The molecule has 0 radical (unpaired) electrons. The van der Waals surface area contributed by atoms with Crippen LogP contribution < -0.4 is 0 Å². The number of hydrogen-bond acceptors (Lipinski definition) is 8. The molecule has 0 aromatic heterocycles. The number of cyclic esters (lactones) is 1. The Hall–Kier alpha value is -4.59. The maximum absolute atomic E-state index is 13.3. The molecule has 3 saturated carbocycles. The molecule has 1 saturated heterocycles. The number of carbonyl (C=O) groups excluding carboxylic acids is 3. The molecule has 0 amide bonds. The van der Waals surface area contributed by atoms with Gasteiger partial charge in [0.25, 0.3) is 11.2 Å². The molecule has 374 valence electrons. The van der Waals surface area contributed by atoms with Crippen LogP contribution in [0.4, 0.5) is 52.7 Å². The molecule has 1 heterocycles. The fourth-order valence-corrected chi connectivity index (χ4v) is 9.27. The molecular weight excluding hydrogens is 920 g/mol. The van der Waals surface area contributed by atoms with Crippen LogP contribution in [0.1, 0.15) is 104 Å². The molecule has 2 bridgehead atoms. The number of alkyl halides is 12. The average Bonchev–Trinajstić information content (AvgIpc) is 3.98. The van der Waals surface area contributed by atoms with Gasteiger partial charge in [-0.1, -0.05) is 76.9 Å². The number of carbonyl (C=O) groups is 3. The Bertz CT molecular complexity index is 2150. The zero-order valence-corrected chi connectivity index (χ0v) is 37.4. The van der Waals surface area contributed by atoms with Crippen molar-refractivity contribution in [2.45, 2.75) is 152 Å². The summed E-state index contributed by atoms with van der Waals surface area (Å²) in [5.74, 6) is -3.61. The Kier molecular flexibility index (Phi) is 15.7. The van der Waals surface area contributed by atoms with Crippen LogP contribution >= 0.6 is 0 Å². The van der Waals surface area contributed by atoms with Crippen molar-refractivity contribution in [3.05, 3.63) is 84.5 Å². The van der Waals surface area contributed by atoms with E-state index in [4.69, 9.17) is 14.2 Å². The second kappa shape index (κ2) is 19.1. The van der Waals surface area contributed by atoms with Crippen molar-refractivity contribution in [2.24, 2.45) is 23.2 Å². The van der Waals surface area contributed by atoms with E-state index in [9.17, 15) is 77.3 Å². The summed E-state index contributed by atoms with van der Waals surface area (Å²) in [5, 5.41) is 20.2. The molecular formula is C47H54F12O8. The standard InChI is InChI=1S/C19H14F6O3.C15H18F6O3.C13H22O2/c1-11-9-16(28-15(11)26,10-17(27,18(20,21)22)19(23,24)25)14-7-6-12-4-2-3-5-13(12)8-14;1-7(2)12(22)24-11-5-8-3-9(11)4-10(8)6-13(23,14(16,17)18)15(19,20)21;1-10(2)11(14)15-13(12(3,4)5)8-6-7-9-13/h2-8,27H,1,9-10H2;8-11,23H,1,3-6H2,2H3;1,6-9H2,2-5H3. The molecule has 4 aliphatic rings. The molecule has 2 aromatic rings. The lowest BCUT2D eigenvalue weighted by Crippen LogP contribution is -2.60. The Labute approximate surface area is 379 Å². The van der Waals surface area contributed by atoms with Crippen molar-refractivity contribution in [3.8, 4) is 0 Å². The third-order valence-electron chi connectivity index (χ3n) is 13.3. The van der Waals surface area contributed by atoms with Crippen LogP contribution in [0.15, 0.2) is 78.9 Å². The molecule has 2 N–H and O–H groups in total. The van der Waals surface area contributed by atoms with Crippen molar-refractivity contribution < 1.29 is 91.5 Å². The number of halogens is 12. The highest BCUT2D eigenvalue weighted by atomic mass is 19.4. The van der Waals surface area contributed by atoms with E-state index in [0.29, 0.717) is 22.8 Å². The van der Waals surface area contributed by atoms with Gasteiger partial charge in [-0.3, -0.25) is 0 Å². The molecule has 6 rings (SSSR count). The second-order valence-corrected chi connectivity index (χ2v) is 19.2. The quantitative estimate of drug-likeness (QED) is 0.110. The van der Waals surface area contributed by atoms with Gasteiger partial charge in [-0.2, -0.15) is 52.7 Å². The lowest BCUT2D eigenvalue weighted by atomic mass is 9.75. The van der Waals surface area contributed by atoms with Gasteiger partial charge in [0.2, 0.25) is 0 Å². The Morgan fingerprint density at radius 1 is 0.731 bits per heavy atom. The van der Waals surface area contributed by atoms with E-state index >= 15 is 0 Å². The topological polar surface area (TPSA) is 119 Å². The molecule has 2 aromatic carbocycles. The van der Waals surface area contributed by atoms with Gasteiger partial charge in [0.05, 0.1) is 0 Å². The van der Waals surface area contributed by atoms with Gasteiger partial charge in [-0.15, -0.1) is 0 Å². The van der Waals surface area contributed by atoms with E-state index < -0.39 is 90.6 Å². The van der Waals surface area contributed by atoms with Crippen molar-refractivity contribution in [1.29, 1.82) is 0 Å². The first-order chi connectivity index (χ1) is 30.3. The normalized spacial score (nSPS) is 24.3. The predicted octanol–water partition coefficient (Wildman–Crippen LogP) is 12.0. The van der Waals surface area contributed by atoms with Crippen molar-refractivity contribution in [2.75, 3.05) is 0 Å². The molecule has 3 aliphatic carbocycles. The summed E-state index contributed by atoms with van der Waals surface area (Å²) in [4.78, 5) is 35.0. The number of rotatable bonds is 9. The minimum absolute atomic E-state index is 0.00854. The number of fused-ring (bicyclic) bond motifs is 3. The number of benzene rings is 2. The summed E-state index contributed by atoms with van der Waals surface area (Å²) in [6, 6.07) is 10.8. The third-order valence-corrected chi connectivity index (χ3v) is 13.3. The molecule has 0 spiro atoms. The monoisotopic (exact) mass is 974 g/mol. The number of ether oxygens (including phenoxy) is 3. The second-order valence-electron chi connectivity index (χ2n) is 19.2. The molecule has 5 unspecified atom stereocenters. The highest BCUT2D eigenvalue weighted by Gasteiger charge is 2.74. The molecule has 4 fully saturated rings. The Morgan fingerprint density at radius 2 is 1.24 bits per heavy atom. The van der Waals surface area contributed by atoms with Gasteiger partial charge < -0.3 is 24.4 Å². The fraction of sp³-hybridized carbons (Fsp3) is 0.596. The van der Waals surface area contributed by atoms with Crippen LogP contribution in [-0.4, -0.2) is 75.7 Å². The van der Waals surface area contributed by atoms with Crippen LogP contribution in [0.2, 0.25) is 0 Å². The van der Waals surface area contributed by atoms with E-state index in [1.807, 2.05) is 0 Å². The third kappa shape index (κ3) is 11.5. The largest absolute Gasteiger partial charge is 0.459 e. The maximum Gasteiger partial charge on any atom is 0.426 e. The Morgan fingerprint density at radius 3 is 1.66 bits per heavy atom. The van der Waals surface area contributed by atoms with Gasteiger partial charge in [0, 0.05) is 35.0 Å². The molecule has 8 nitrogen and oxygen atoms in total. The number of esters is 3. The average molecular weight is 975 g/mol. The number of hydrogen-bond donors (Lipinski definition) is 2. The lowest BCUT2D eigenvalue weighted by molar-refractivity contribution is -0.378. The fourth-order valence-electron chi connectivity index (χ4n) is 9.27. The predicted molar refractivity (Wildman–Crippen MR) is 219 cm³/mol. The SMILES string of the molecule is C=C(C)C(=O)OC1(C(C)(C)C)CCCC1.C=C(C)C(=O)OC1CC2CC1CC2CC(O)(C(F)(F)F)C(F)(F)F.C=C1CC(CC(O)(C(F)(F)F)C(F)(F)F)(c2ccc3ccccc3c2)OC1=O. The summed E-state index contributed by atoms with van der Waals surface area (Å²) in [6.45, 7) is 20.0. The van der Waals surface area contributed by atoms with Crippen LogP contribution in [0, 0.1) is 23.2 Å². The summed E-state index contributed by atoms with van der Waals surface area (Å²) < 4.78 is 172. The van der Waals surface area contributed by atoms with Crippen LogP contribution in [-0.2, 0) is 34.2 Å². The molecule has 5 atom stereocenters. The Balaban J connectivity index is 0.000000229. The highest BCUT2D eigenvalue weighted by molar-refractivity contribution is 5.91. The van der Waals surface area contributed by atoms with E-state index in [-0.39, 0.29) is 52.5 Å². The van der Waals surface area contributed by atoms with E-state index in [1.54, 1.807) is 31.2 Å². The van der Waals surface area contributed by atoms with E-state index in [2.05, 4.69) is 40.5 Å². The maximum atomic E-state index is 13.3. The zero-order chi connectivity index (χ0) is 51.1. The zero-order valence-electron chi connectivity index (χ0n) is 37.4. The summed E-state index contributed by atoms with van der Waals surface area (Å²) in [5.41, 5.74) is -12.1. The van der Waals surface area contributed by atoms with Crippen LogP contribution in [0.5, 0.6) is 0 Å². The minimum Gasteiger partial charge on any atom is -0.459 e. The molecule has 1 aliphatic heterocycles. The lowest BCUT2D eigenvalue weighted by Gasteiger charge is -2.41. The van der Waals surface area contributed by atoms with Crippen molar-refractivity contribution in [3.63, 3.8) is 0 Å². The molecule has 67 heavy (non-hydrogen) atoms. The summed E-state index contributed by atoms with van der Waals surface area (Å²) in [6.07, 6.45) is -23.2. The van der Waals surface area contributed by atoms with Gasteiger partial charge in [0.15, 0.2) is 0 Å². The van der Waals surface area contributed by atoms with Crippen LogP contribution in [0.3, 0.4) is 0 Å². The minimum atomic E-state index is -6.04. The highest BCUT2D eigenvalue weighted by Crippen LogP contribution is 2.57. The first-order valence-electron chi connectivity index (χ1n) is 21.2. The van der Waals surface area contributed by atoms with Gasteiger partial charge >= 0.3 is 42.6 Å². The summed E-state index contributed by atoms with van der Waals surface area (Å²) >= 11 is 0.